The maximum Gasteiger partial charge on any atom is 0.573 e. The van der Waals surface area contributed by atoms with Crippen LogP contribution < -0.4 is 9.64 Å². The zero-order valence-electron chi connectivity index (χ0n) is 15.7. The summed E-state index contributed by atoms with van der Waals surface area (Å²) in [6, 6.07) is 1.50. The molecule has 0 atom stereocenters. The Hall–Kier alpha value is -3.29. The van der Waals surface area contributed by atoms with E-state index in [1.807, 2.05) is 0 Å². The van der Waals surface area contributed by atoms with E-state index in [2.05, 4.69) is 14.2 Å². The maximum atomic E-state index is 13.1. The molecule has 170 valence electrons. The van der Waals surface area contributed by atoms with E-state index in [9.17, 15) is 40.7 Å². The van der Waals surface area contributed by atoms with Crippen LogP contribution in [-0.2, 0) is 23.8 Å². The van der Waals surface area contributed by atoms with Crippen LogP contribution in [0.15, 0.2) is 29.5 Å². The van der Waals surface area contributed by atoms with Crippen LogP contribution in [0.4, 0.5) is 32.0 Å². The van der Waals surface area contributed by atoms with Crippen LogP contribution in [0.3, 0.4) is 0 Å². The molecule has 0 spiro atoms. The van der Waals surface area contributed by atoms with Gasteiger partial charge in [-0.2, -0.15) is 13.2 Å². The Morgan fingerprint density at radius 1 is 1.00 bits per heavy atom. The van der Waals surface area contributed by atoms with Crippen molar-refractivity contribution in [3.05, 3.63) is 35.0 Å². The average molecular weight is 457 g/mol. The Kier molecular flexibility index (Phi) is 6.83. The summed E-state index contributed by atoms with van der Waals surface area (Å²) in [5, 5.41) is 0. The van der Waals surface area contributed by atoms with Gasteiger partial charge in [0.05, 0.1) is 37.7 Å². The number of esters is 2. The second-order valence-corrected chi connectivity index (χ2v) is 5.77. The Morgan fingerprint density at radius 3 is 2.13 bits per heavy atom. The third-order valence-corrected chi connectivity index (χ3v) is 3.83. The van der Waals surface area contributed by atoms with Gasteiger partial charge >= 0.3 is 24.5 Å². The molecular weight excluding hydrogens is 444 g/mol. The van der Waals surface area contributed by atoms with E-state index in [-0.39, 0.29) is 6.07 Å². The number of ketones is 1. The number of hydrogen-bond acceptors (Lipinski definition) is 8. The van der Waals surface area contributed by atoms with Gasteiger partial charge in [-0.05, 0) is 18.2 Å². The van der Waals surface area contributed by atoms with E-state index in [4.69, 9.17) is 4.74 Å². The third kappa shape index (κ3) is 5.45. The highest BCUT2D eigenvalue weighted by molar-refractivity contribution is 6.08. The number of methoxy groups -OCH3 is 2. The lowest BCUT2D eigenvalue weighted by molar-refractivity contribution is -0.274. The molecule has 0 unspecified atom stereocenters. The van der Waals surface area contributed by atoms with Crippen LogP contribution in [-0.4, -0.2) is 57.8 Å². The number of hydrogen-bond donors (Lipinski definition) is 0. The topological polar surface area (TPSA) is 91.4 Å². The lowest BCUT2D eigenvalue weighted by Crippen LogP contribution is -2.40. The van der Waals surface area contributed by atoms with Gasteiger partial charge in [0.1, 0.15) is 18.2 Å². The number of anilines is 1. The van der Waals surface area contributed by atoms with Crippen LogP contribution in [0.1, 0.15) is 10.4 Å². The van der Waals surface area contributed by atoms with Crippen molar-refractivity contribution in [2.75, 3.05) is 32.5 Å². The maximum absolute atomic E-state index is 13.1. The van der Waals surface area contributed by atoms with E-state index < -0.39 is 71.9 Å². The van der Waals surface area contributed by atoms with Crippen molar-refractivity contribution in [3.63, 3.8) is 0 Å². The zero-order chi connectivity index (χ0) is 23.6. The molecule has 0 radical (unpaired) electrons. The highest BCUT2D eigenvalue weighted by Gasteiger charge is 2.43. The molecule has 0 saturated carbocycles. The number of alkyl halides is 6. The molecule has 1 aromatic rings. The Morgan fingerprint density at radius 2 is 1.61 bits per heavy atom. The van der Waals surface area contributed by atoms with Crippen LogP contribution >= 0.6 is 0 Å². The smallest absolute Gasteiger partial charge is 0.466 e. The van der Waals surface area contributed by atoms with Gasteiger partial charge in [0.25, 0.3) is 5.78 Å². The van der Waals surface area contributed by atoms with Crippen molar-refractivity contribution in [2.45, 2.75) is 12.5 Å². The molecule has 31 heavy (non-hydrogen) atoms. The molecule has 0 N–H and O–H groups in total. The van der Waals surface area contributed by atoms with Crippen molar-refractivity contribution < 1.29 is 59.7 Å². The molecule has 14 heteroatoms. The predicted molar refractivity (Wildman–Crippen MR) is 87.9 cm³/mol. The molecular formula is C17H13F6NO7. The van der Waals surface area contributed by atoms with E-state index in [1.165, 1.54) is 0 Å². The standard InChI is InChI=1S/C17H13F6NO7/c1-28-14(26)10-6-30-7-24(12(10)15(27)29-2)11-4-3-8(31-17(21,22)23)5-9(11)13(25)16(18,19)20/h3-5H,6-7H2,1-2H3. The Bertz CT molecular complexity index is 923. The summed E-state index contributed by atoms with van der Waals surface area (Å²) in [6.07, 6.45) is -10.7. The molecule has 2 rings (SSSR count). The van der Waals surface area contributed by atoms with Gasteiger partial charge in [-0.15, -0.1) is 13.2 Å². The van der Waals surface area contributed by atoms with Crippen molar-refractivity contribution in [3.8, 4) is 5.75 Å². The minimum atomic E-state index is -5.48. The second kappa shape index (κ2) is 8.83. The lowest BCUT2D eigenvalue weighted by atomic mass is 10.0. The van der Waals surface area contributed by atoms with E-state index in [0.29, 0.717) is 17.0 Å². The number of halogens is 6. The average Bonchev–Trinajstić information content (AvgIpc) is 2.69. The van der Waals surface area contributed by atoms with E-state index in [0.717, 1.165) is 14.2 Å². The summed E-state index contributed by atoms with van der Waals surface area (Å²) in [5.74, 6) is -5.90. The summed E-state index contributed by atoms with van der Waals surface area (Å²) in [7, 11) is 1.88. The minimum Gasteiger partial charge on any atom is -0.466 e. The molecule has 1 heterocycles. The minimum absolute atomic E-state index is 0.208. The first-order chi connectivity index (χ1) is 14.3. The fourth-order valence-electron chi connectivity index (χ4n) is 2.62. The second-order valence-electron chi connectivity index (χ2n) is 5.77. The summed E-state index contributed by atoms with van der Waals surface area (Å²) in [6.45, 7) is -1.12. The molecule has 0 aliphatic carbocycles. The van der Waals surface area contributed by atoms with Gasteiger partial charge < -0.3 is 23.8 Å². The lowest BCUT2D eigenvalue weighted by Gasteiger charge is -2.32. The molecule has 0 aromatic heterocycles. The van der Waals surface area contributed by atoms with Crippen molar-refractivity contribution in [1.82, 2.24) is 0 Å². The van der Waals surface area contributed by atoms with Crippen molar-refractivity contribution in [1.29, 1.82) is 0 Å². The molecule has 0 bridgehead atoms. The number of nitrogens with zero attached hydrogens (tertiary/aromatic N) is 1. The summed E-state index contributed by atoms with van der Waals surface area (Å²) >= 11 is 0. The van der Waals surface area contributed by atoms with Crippen molar-refractivity contribution in [2.24, 2.45) is 0 Å². The fourth-order valence-corrected chi connectivity index (χ4v) is 2.62. The zero-order valence-corrected chi connectivity index (χ0v) is 15.7. The number of ether oxygens (including phenoxy) is 4. The first-order valence-corrected chi connectivity index (χ1v) is 8.06. The summed E-state index contributed by atoms with van der Waals surface area (Å²) in [5.41, 5.74) is -3.02. The fraction of sp³-hybridized carbons (Fsp3) is 0.353. The number of carbonyl (C=O) groups is 3. The predicted octanol–water partition coefficient (Wildman–Crippen LogP) is 2.72. The first-order valence-electron chi connectivity index (χ1n) is 8.06. The molecule has 1 aliphatic rings. The van der Waals surface area contributed by atoms with Gasteiger partial charge in [-0.3, -0.25) is 4.79 Å². The Balaban J connectivity index is 2.73. The van der Waals surface area contributed by atoms with Gasteiger partial charge in [-0.1, -0.05) is 0 Å². The number of Topliss-reactive ketones (excluding diaryl/α,β-unsaturated/α-hetero) is 1. The van der Waals surface area contributed by atoms with Crippen LogP contribution in [0.2, 0.25) is 0 Å². The van der Waals surface area contributed by atoms with Gasteiger partial charge in [0.15, 0.2) is 0 Å². The largest absolute Gasteiger partial charge is 0.573 e. The van der Waals surface area contributed by atoms with Gasteiger partial charge in [-0.25, -0.2) is 9.59 Å². The van der Waals surface area contributed by atoms with Gasteiger partial charge in [0, 0.05) is 0 Å². The highest BCUT2D eigenvalue weighted by atomic mass is 19.4. The highest BCUT2D eigenvalue weighted by Crippen LogP contribution is 2.36. The van der Waals surface area contributed by atoms with Gasteiger partial charge in [0.2, 0.25) is 0 Å². The van der Waals surface area contributed by atoms with Crippen molar-refractivity contribution >= 4 is 23.4 Å². The van der Waals surface area contributed by atoms with E-state index in [1.54, 1.807) is 0 Å². The molecule has 1 aromatic carbocycles. The summed E-state index contributed by atoms with van der Waals surface area (Å²) < 4.78 is 94.4. The normalized spacial score (nSPS) is 14.9. The quantitative estimate of drug-likeness (QED) is 0.379. The number of rotatable bonds is 5. The third-order valence-electron chi connectivity index (χ3n) is 3.83. The molecule has 1 aliphatic heterocycles. The number of benzene rings is 1. The number of carbonyl (C=O) groups excluding carboxylic acids is 3. The molecule has 8 nitrogen and oxygen atoms in total. The monoisotopic (exact) mass is 457 g/mol. The SMILES string of the molecule is COC(=O)C1=C(C(=O)OC)N(c2ccc(OC(F)(F)F)cc2C(=O)C(F)(F)F)COC1. The van der Waals surface area contributed by atoms with Crippen LogP contribution in [0.25, 0.3) is 0 Å². The van der Waals surface area contributed by atoms with Crippen LogP contribution in [0.5, 0.6) is 5.75 Å². The summed E-state index contributed by atoms with van der Waals surface area (Å²) in [4.78, 5) is 36.8. The molecule has 0 amide bonds. The Labute approximate surface area is 169 Å². The molecule has 0 saturated heterocycles. The first kappa shape index (κ1) is 24.0. The van der Waals surface area contributed by atoms with E-state index >= 15 is 0 Å². The molecule has 0 fully saturated rings. The van der Waals surface area contributed by atoms with Crippen LogP contribution in [0, 0.1) is 0 Å².